The molecule has 4 heteroatoms. The molecular formula is C12H15F2NO. The number of hydrogen-bond donors (Lipinski definition) is 2. The van der Waals surface area contributed by atoms with Gasteiger partial charge in [-0.25, -0.2) is 8.78 Å². The Kier molecular flexibility index (Phi) is 3.39. The summed E-state index contributed by atoms with van der Waals surface area (Å²) in [6.07, 6.45) is 2.64. The molecule has 88 valence electrons. The Bertz CT molecular complexity index is 376. The van der Waals surface area contributed by atoms with Gasteiger partial charge in [-0.15, -0.1) is 0 Å². The summed E-state index contributed by atoms with van der Waals surface area (Å²) >= 11 is 0. The summed E-state index contributed by atoms with van der Waals surface area (Å²) in [6.45, 7) is 1.85. The molecule has 2 nitrogen and oxygen atoms in total. The first-order chi connectivity index (χ1) is 7.66. The number of benzene rings is 1. The van der Waals surface area contributed by atoms with E-state index in [-0.39, 0.29) is 0 Å². The second-order valence-electron chi connectivity index (χ2n) is 4.31. The van der Waals surface area contributed by atoms with Crippen molar-refractivity contribution in [1.82, 2.24) is 5.32 Å². The normalized spacial score (nSPS) is 21.0. The van der Waals surface area contributed by atoms with Crippen molar-refractivity contribution >= 4 is 0 Å². The first-order valence-corrected chi connectivity index (χ1v) is 5.54. The minimum atomic E-state index is -0.750. The molecule has 1 heterocycles. The molecule has 2 N–H and O–H groups in total. The molecule has 0 bridgehead atoms. The predicted octanol–water partition coefficient (Wildman–Crippen LogP) is 2.21. The van der Waals surface area contributed by atoms with E-state index in [0.717, 1.165) is 38.1 Å². The molecule has 2 rings (SSSR count). The van der Waals surface area contributed by atoms with Crippen molar-refractivity contribution in [2.45, 2.75) is 19.3 Å². The molecule has 1 aromatic carbocycles. The molecule has 1 unspecified atom stereocenters. The second kappa shape index (κ2) is 4.78. The standard InChI is InChI=1S/C12H15F2NO/c13-10-6-12(16)11(14)5-9(10)4-8-2-1-3-15-7-8/h5-6,8,15-16H,1-4,7H2. The minimum absolute atomic E-state index is 0.351. The van der Waals surface area contributed by atoms with Crippen LogP contribution in [0.3, 0.4) is 0 Å². The number of phenolic OH excluding ortho intramolecular Hbond substituents is 1. The van der Waals surface area contributed by atoms with E-state index in [4.69, 9.17) is 5.11 Å². The maximum absolute atomic E-state index is 13.4. The van der Waals surface area contributed by atoms with Crippen LogP contribution >= 0.6 is 0 Å². The van der Waals surface area contributed by atoms with Gasteiger partial charge in [0, 0.05) is 6.07 Å². The minimum Gasteiger partial charge on any atom is -0.505 e. The zero-order valence-corrected chi connectivity index (χ0v) is 8.97. The fourth-order valence-corrected chi connectivity index (χ4v) is 2.14. The molecule has 1 atom stereocenters. The topological polar surface area (TPSA) is 32.3 Å². The lowest BCUT2D eigenvalue weighted by Gasteiger charge is -2.22. The zero-order valence-electron chi connectivity index (χ0n) is 8.97. The lowest BCUT2D eigenvalue weighted by molar-refractivity contribution is 0.369. The van der Waals surface area contributed by atoms with Crippen molar-refractivity contribution in [1.29, 1.82) is 0 Å². The van der Waals surface area contributed by atoms with E-state index < -0.39 is 17.4 Å². The van der Waals surface area contributed by atoms with Crippen molar-refractivity contribution in [3.8, 4) is 5.75 Å². The van der Waals surface area contributed by atoms with Crippen molar-refractivity contribution < 1.29 is 13.9 Å². The summed E-state index contributed by atoms with van der Waals surface area (Å²) in [7, 11) is 0. The first kappa shape index (κ1) is 11.3. The molecule has 0 aromatic heterocycles. The van der Waals surface area contributed by atoms with Gasteiger partial charge in [0.15, 0.2) is 11.6 Å². The number of hydrogen-bond acceptors (Lipinski definition) is 2. The molecule has 16 heavy (non-hydrogen) atoms. The summed E-state index contributed by atoms with van der Waals surface area (Å²) in [5.74, 6) is -1.54. The lowest BCUT2D eigenvalue weighted by atomic mass is 9.92. The van der Waals surface area contributed by atoms with Crippen LogP contribution in [0.15, 0.2) is 12.1 Å². The highest BCUT2D eigenvalue weighted by Gasteiger charge is 2.17. The molecule has 0 radical (unpaired) electrons. The highest BCUT2D eigenvalue weighted by molar-refractivity contribution is 5.30. The Morgan fingerprint density at radius 2 is 2.12 bits per heavy atom. The highest BCUT2D eigenvalue weighted by atomic mass is 19.1. The summed E-state index contributed by atoms with van der Waals surface area (Å²) in [4.78, 5) is 0. The van der Waals surface area contributed by atoms with E-state index in [9.17, 15) is 8.78 Å². The van der Waals surface area contributed by atoms with Crippen molar-refractivity contribution in [2.75, 3.05) is 13.1 Å². The fraction of sp³-hybridized carbons (Fsp3) is 0.500. The third kappa shape index (κ3) is 2.50. The van der Waals surface area contributed by atoms with Crippen LogP contribution in [0.5, 0.6) is 5.75 Å². The molecule has 1 aliphatic rings. The smallest absolute Gasteiger partial charge is 0.165 e. The van der Waals surface area contributed by atoms with Gasteiger partial charge in [-0.1, -0.05) is 0 Å². The van der Waals surface area contributed by atoms with Crippen LogP contribution in [-0.4, -0.2) is 18.2 Å². The average molecular weight is 227 g/mol. The molecule has 0 saturated carbocycles. The Balaban J connectivity index is 2.11. The predicted molar refractivity (Wildman–Crippen MR) is 57.3 cm³/mol. The number of halogens is 2. The van der Waals surface area contributed by atoms with Gasteiger partial charge in [0.05, 0.1) is 0 Å². The van der Waals surface area contributed by atoms with E-state index in [0.29, 0.717) is 17.9 Å². The van der Waals surface area contributed by atoms with Gasteiger partial charge >= 0.3 is 0 Å². The van der Waals surface area contributed by atoms with Gasteiger partial charge in [0.1, 0.15) is 5.82 Å². The molecule has 0 spiro atoms. The fourth-order valence-electron chi connectivity index (χ4n) is 2.14. The number of phenols is 1. The molecule has 1 aromatic rings. The number of nitrogens with one attached hydrogen (secondary N) is 1. The monoisotopic (exact) mass is 227 g/mol. The average Bonchev–Trinajstić information content (AvgIpc) is 2.27. The van der Waals surface area contributed by atoms with E-state index in [1.165, 1.54) is 0 Å². The lowest BCUT2D eigenvalue weighted by Crippen LogP contribution is -2.31. The first-order valence-electron chi connectivity index (χ1n) is 5.54. The molecule has 1 aliphatic heterocycles. The van der Waals surface area contributed by atoms with E-state index >= 15 is 0 Å². The zero-order chi connectivity index (χ0) is 11.5. The Labute approximate surface area is 93.3 Å². The quantitative estimate of drug-likeness (QED) is 0.812. The van der Waals surface area contributed by atoms with Gasteiger partial charge in [-0.05, 0) is 49.9 Å². The molecular weight excluding hydrogens is 212 g/mol. The van der Waals surface area contributed by atoms with Gasteiger partial charge in [0.2, 0.25) is 0 Å². The van der Waals surface area contributed by atoms with E-state index in [1.54, 1.807) is 0 Å². The number of aromatic hydroxyl groups is 1. The van der Waals surface area contributed by atoms with Crippen LogP contribution in [0.25, 0.3) is 0 Å². The Morgan fingerprint density at radius 1 is 1.31 bits per heavy atom. The maximum atomic E-state index is 13.4. The summed E-state index contributed by atoms with van der Waals surface area (Å²) in [6, 6.07) is 1.94. The van der Waals surface area contributed by atoms with Crippen molar-refractivity contribution in [3.05, 3.63) is 29.3 Å². The maximum Gasteiger partial charge on any atom is 0.165 e. The van der Waals surface area contributed by atoms with Gasteiger partial charge in [-0.3, -0.25) is 0 Å². The highest BCUT2D eigenvalue weighted by Crippen LogP contribution is 2.24. The van der Waals surface area contributed by atoms with Crippen LogP contribution in [0.1, 0.15) is 18.4 Å². The summed E-state index contributed by atoms with van der Waals surface area (Å²) in [5.41, 5.74) is 0.351. The largest absolute Gasteiger partial charge is 0.505 e. The SMILES string of the molecule is Oc1cc(F)c(CC2CCCNC2)cc1F. The Hall–Kier alpha value is -1.16. The van der Waals surface area contributed by atoms with Gasteiger partial charge in [0.25, 0.3) is 0 Å². The molecule has 0 aliphatic carbocycles. The van der Waals surface area contributed by atoms with Crippen molar-refractivity contribution in [3.63, 3.8) is 0 Å². The molecule has 0 amide bonds. The summed E-state index contributed by atoms with van der Waals surface area (Å²) < 4.78 is 26.5. The number of piperidine rings is 1. The molecule has 1 saturated heterocycles. The number of rotatable bonds is 2. The third-order valence-corrected chi connectivity index (χ3v) is 3.02. The van der Waals surface area contributed by atoms with E-state index in [2.05, 4.69) is 5.32 Å². The van der Waals surface area contributed by atoms with Gasteiger partial charge < -0.3 is 10.4 Å². The van der Waals surface area contributed by atoms with Crippen LogP contribution in [0.4, 0.5) is 8.78 Å². The third-order valence-electron chi connectivity index (χ3n) is 3.02. The van der Waals surface area contributed by atoms with Crippen LogP contribution < -0.4 is 5.32 Å². The van der Waals surface area contributed by atoms with Crippen LogP contribution in [0.2, 0.25) is 0 Å². The Morgan fingerprint density at radius 3 is 2.81 bits per heavy atom. The molecule has 1 fully saturated rings. The van der Waals surface area contributed by atoms with Gasteiger partial charge in [-0.2, -0.15) is 0 Å². The summed E-state index contributed by atoms with van der Waals surface area (Å²) in [5, 5.41) is 12.2. The second-order valence-corrected chi connectivity index (χ2v) is 4.31. The van der Waals surface area contributed by atoms with Crippen molar-refractivity contribution in [2.24, 2.45) is 5.92 Å². The van der Waals surface area contributed by atoms with E-state index in [1.807, 2.05) is 0 Å². The van der Waals surface area contributed by atoms with Crippen LogP contribution in [0, 0.1) is 17.6 Å². The van der Waals surface area contributed by atoms with Crippen LogP contribution in [-0.2, 0) is 6.42 Å².